The standard InChI is InChI=1S/C12H20N2O/c1-15-9-10-2-4-11(5-3-10)12(8-14)6-7-13/h2-5,12H,6-9,13-14H2,1H3. The molecule has 3 nitrogen and oxygen atoms in total. The molecule has 0 saturated carbocycles. The molecule has 0 fully saturated rings. The van der Waals surface area contributed by atoms with Crippen molar-refractivity contribution in [3.05, 3.63) is 35.4 Å². The summed E-state index contributed by atoms with van der Waals surface area (Å²) in [5.41, 5.74) is 13.7. The molecule has 4 N–H and O–H groups in total. The van der Waals surface area contributed by atoms with E-state index in [1.54, 1.807) is 7.11 Å². The normalized spacial score (nSPS) is 12.7. The molecule has 1 rings (SSSR count). The smallest absolute Gasteiger partial charge is 0.0713 e. The molecule has 0 aliphatic rings. The first-order chi connectivity index (χ1) is 7.31. The predicted octanol–water partition coefficient (Wildman–Crippen LogP) is 1.22. The summed E-state index contributed by atoms with van der Waals surface area (Å²) >= 11 is 0. The number of nitrogens with two attached hydrogens (primary N) is 2. The number of ether oxygens (including phenoxy) is 1. The highest BCUT2D eigenvalue weighted by Gasteiger charge is 2.07. The lowest BCUT2D eigenvalue weighted by Gasteiger charge is -2.14. The SMILES string of the molecule is COCc1ccc(C(CN)CCN)cc1. The van der Waals surface area contributed by atoms with Crippen LogP contribution in [0.5, 0.6) is 0 Å². The van der Waals surface area contributed by atoms with Gasteiger partial charge in [0, 0.05) is 7.11 Å². The molecule has 1 aromatic carbocycles. The van der Waals surface area contributed by atoms with Gasteiger partial charge in [-0.25, -0.2) is 0 Å². The van der Waals surface area contributed by atoms with Crippen molar-refractivity contribution in [1.29, 1.82) is 0 Å². The van der Waals surface area contributed by atoms with Crippen molar-refractivity contribution in [2.75, 3.05) is 20.2 Å². The molecule has 1 aromatic rings. The molecule has 0 heterocycles. The first-order valence-electron chi connectivity index (χ1n) is 5.29. The van der Waals surface area contributed by atoms with Gasteiger partial charge in [0.2, 0.25) is 0 Å². The minimum absolute atomic E-state index is 0.381. The Morgan fingerprint density at radius 3 is 2.33 bits per heavy atom. The molecule has 1 atom stereocenters. The molecule has 15 heavy (non-hydrogen) atoms. The fraction of sp³-hybridized carbons (Fsp3) is 0.500. The lowest BCUT2D eigenvalue weighted by Crippen LogP contribution is -2.16. The molecule has 0 bridgehead atoms. The van der Waals surface area contributed by atoms with E-state index in [1.165, 1.54) is 11.1 Å². The lowest BCUT2D eigenvalue weighted by molar-refractivity contribution is 0.185. The molecule has 0 spiro atoms. The third-order valence-electron chi connectivity index (χ3n) is 2.56. The van der Waals surface area contributed by atoms with Gasteiger partial charge in [-0.1, -0.05) is 24.3 Å². The fourth-order valence-electron chi connectivity index (χ4n) is 1.67. The second-order valence-electron chi connectivity index (χ2n) is 3.68. The van der Waals surface area contributed by atoms with Gasteiger partial charge in [-0.3, -0.25) is 0 Å². The highest BCUT2D eigenvalue weighted by atomic mass is 16.5. The third-order valence-corrected chi connectivity index (χ3v) is 2.56. The zero-order valence-electron chi connectivity index (χ0n) is 9.28. The Kier molecular flexibility index (Phi) is 5.32. The Labute approximate surface area is 91.4 Å². The minimum atomic E-state index is 0.381. The van der Waals surface area contributed by atoms with E-state index >= 15 is 0 Å². The van der Waals surface area contributed by atoms with Gasteiger partial charge < -0.3 is 16.2 Å². The van der Waals surface area contributed by atoms with Crippen LogP contribution in [-0.4, -0.2) is 20.2 Å². The van der Waals surface area contributed by atoms with Crippen LogP contribution in [0.3, 0.4) is 0 Å². The number of rotatable bonds is 6. The predicted molar refractivity (Wildman–Crippen MR) is 62.6 cm³/mol. The van der Waals surface area contributed by atoms with Gasteiger partial charge in [0.05, 0.1) is 6.61 Å². The van der Waals surface area contributed by atoms with Gasteiger partial charge in [-0.2, -0.15) is 0 Å². The minimum Gasteiger partial charge on any atom is -0.380 e. The van der Waals surface area contributed by atoms with E-state index in [1.807, 2.05) is 0 Å². The molecule has 3 heteroatoms. The van der Waals surface area contributed by atoms with Crippen molar-refractivity contribution >= 4 is 0 Å². The van der Waals surface area contributed by atoms with Crippen LogP contribution >= 0.6 is 0 Å². The number of hydrogen-bond donors (Lipinski definition) is 2. The van der Waals surface area contributed by atoms with Crippen molar-refractivity contribution in [3.63, 3.8) is 0 Å². The zero-order chi connectivity index (χ0) is 11.1. The Bertz CT molecular complexity index is 271. The maximum atomic E-state index is 5.71. The van der Waals surface area contributed by atoms with Crippen LogP contribution in [0.4, 0.5) is 0 Å². The van der Waals surface area contributed by atoms with E-state index in [-0.39, 0.29) is 0 Å². The lowest BCUT2D eigenvalue weighted by atomic mass is 9.95. The number of benzene rings is 1. The Balaban J connectivity index is 2.68. The van der Waals surface area contributed by atoms with Crippen LogP contribution in [0.1, 0.15) is 23.5 Å². The summed E-state index contributed by atoms with van der Waals surface area (Å²) in [4.78, 5) is 0. The van der Waals surface area contributed by atoms with Gasteiger partial charge in [-0.05, 0) is 36.6 Å². The zero-order valence-corrected chi connectivity index (χ0v) is 9.28. The molecule has 0 saturated heterocycles. The summed E-state index contributed by atoms with van der Waals surface area (Å²) in [5.74, 6) is 0.381. The van der Waals surface area contributed by atoms with Crippen molar-refractivity contribution in [3.8, 4) is 0 Å². The Morgan fingerprint density at radius 1 is 1.20 bits per heavy atom. The van der Waals surface area contributed by atoms with E-state index in [9.17, 15) is 0 Å². The van der Waals surface area contributed by atoms with Gasteiger partial charge in [0.1, 0.15) is 0 Å². The molecule has 0 amide bonds. The van der Waals surface area contributed by atoms with Crippen molar-refractivity contribution in [2.24, 2.45) is 11.5 Å². The van der Waals surface area contributed by atoms with Crippen molar-refractivity contribution in [1.82, 2.24) is 0 Å². The second-order valence-corrected chi connectivity index (χ2v) is 3.68. The molecule has 84 valence electrons. The average molecular weight is 208 g/mol. The average Bonchev–Trinajstić information content (AvgIpc) is 2.28. The molecular weight excluding hydrogens is 188 g/mol. The molecule has 0 aliphatic carbocycles. The van der Waals surface area contributed by atoms with Crippen LogP contribution in [0, 0.1) is 0 Å². The fourth-order valence-corrected chi connectivity index (χ4v) is 1.67. The summed E-state index contributed by atoms with van der Waals surface area (Å²) in [6.07, 6.45) is 0.945. The number of methoxy groups -OCH3 is 1. The summed E-state index contributed by atoms with van der Waals surface area (Å²) in [6, 6.07) is 8.39. The van der Waals surface area contributed by atoms with Gasteiger partial charge in [0.25, 0.3) is 0 Å². The van der Waals surface area contributed by atoms with Crippen molar-refractivity contribution in [2.45, 2.75) is 18.9 Å². The first-order valence-corrected chi connectivity index (χ1v) is 5.29. The van der Waals surface area contributed by atoms with E-state index < -0.39 is 0 Å². The largest absolute Gasteiger partial charge is 0.380 e. The summed E-state index contributed by atoms with van der Waals surface area (Å²) in [6.45, 7) is 1.99. The highest BCUT2D eigenvalue weighted by molar-refractivity contribution is 5.25. The quantitative estimate of drug-likeness (QED) is 0.739. The van der Waals surface area contributed by atoms with Crippen LogP contribution in [0.2, 0.25) is 0 Å². The number of hydrogen-bond acceptors (Lipinski definition) is 3. The van der Waals surface area contributed by atoms with E-state index in [0.29, 0.717) is 25.6 Å². The van der Waals surface area contributed by atoms with Crippen molar-refractivity contribution < 1.29 is 4.74 Å². The maximum Gasteiger partial charge on any atom is 0.0713 e. The summed E-state index contributed by atoms with van der Waals surface area (Å²) in [5, 5.41) is 0. The Hall–Kier alpha value is -0.900. The monoisotopic (exact) mass is 208 g/mol. The molecule has 0 aromatic heterocycles. The summed E-state index contributed by atoms with van der Waals surface area (Å²) in [7, 11) is 1.70. The van der Waals surface area contributed by atoms with E-state index in [4.69, 9.17) is 16.2 Å². The van der Waals surface area contributed by atoms with E-state index in [2.05, 4.69) is 24.3 Å². The first kappa shape index (κ1) is 12.2. The Morgan fingerprint density at radius 2 is 1.87 bits per heavy atom. The van der Waals surface area contributed by atoms with Gasteiger partial charge >= 0.3 is 0 Å². The van der Waals surface area contributed by atoms with Crippen LogP contribution in [-0.2, 0) is 11.3 Å². The topological polar surface area (TPSA) is 61.3 Å². The molecule has 0 aliphatic heterocycles. The third kappa shape index (κ3) is 3.63. The van der Waals surface area contributed by atoms with Crippen LogP contribution in [0.25, 0.3) is 0 Å². The highest BCUT2D eigenvalue weighted by Crippen LogP contribution is 2.18. The maximum absolute atomic E-state index is 5.71. The molecule has 0 radical (unpaired) electrons. The van der Waals surface area contributed by atoms with Crippen LogP contribution in [0.15, 0.2) is 24.3 Å². The van der Waals surface area contributed by atoms with Crippen LogP contribution < -0.4 is 11.5 Å². The van der Waals surface area contributed by atoms with Gasteiger partial charge in [0.15, 0.2) is 0 Å². The second kappa shape index (κ2) is 6.56. The molecule has 1 unspecified atom stereocenters. The van der Waals surface area contributed by atoms with Gasteiger partial charge in [-0.15, -0.1) is 0 Å². The summed E-state index contributed by atoms with van der Waals surface area (Å²) < 4.78 is 5.06. The molecular formula is C12H20N2O. The van der Waals surface area contributed by atoms with E-state index in [0.717, 1.165) is 6.42 Å².